The van der Waals surface area contributed by atoms with E-state index in [0.29, 0.717) is 54.9 Å². The summed E-state index contributed by atoms with van der Waals surface area (Å²) in [4.78, 5) is 27.0. The molecule has 1 saturated heterocycles. The molecular formula is C26H25FN6O3. The third-order valence-corrected chi connectivity index (χ3v) is 5.81. The fraction of sp³-hybridized carbons (Fsp3) is 0.192. The number of nitrogens with one attached hydrogen (secondary N) is 3. The minimum Gasteiger partial charge on any atom is -0.497 e. The van der Waals surface area contributed by atoms with Crippen LogP contribution in [0.4, 0.5) is 26.5 Å². The molecule has 2 aromatic heterocycles. The number of nitrogens with zero attached hydrogens (tertiary/aromatic N) is 3. The number of pyridine rings is 1. The van der Waals surface area contributed by atoms with Gasteiger partial charge in [0.2, 0.25) is 5.95 Å². The monoisotopic (exact) mass is 488 g/mol. The van der Waals surface area contributed by atoms with Crippen molar-refractivity contribution < 1.29 is 18.7 Å². The van der Waals surface area contributed by atoms with Crippen LogP contribution < -0.4 is 20.3 Å². The van der Waals surface area contributed by atoms with Crippen molar-refractivity contribution in [2.24, 2.45) is 0 Å². The molecule has 2 aromatic carbocycles. The second kappa shape index (κ2) is 10.4. The Morgan fingerprint density at radius 1 is 1.03 bits per heavy atom. The van der Waals surface area contributed by atoms with E-state index in [1.54, 1.807) is 55.9 Å². The Bertz CT molecular complexity index is 1340. The van der Waals surface area contributed by atoms with Crippen molar-refractivity contribution in [3.63, 3.8) is 0 Å². The van der Waals surface area contributed by atoms with Crippen LogP contribution in [0.2, 0.25) is 0 Å². The fourth-order valence-corrected chi connectivity index (χ4v) is 3.95. The minimum absolute atomic E-state index is 0.0371. The van der Waals surface area contributed by atoms with E-state index in [1.165, 1.54) is 6.07 Å². The molecule has 2 amide bonds. The number of morpholine rings is 1. The third kappa shape index (κ3) is 5.13. The lowest BCUT2D eigenvalue weighted by Gasteiger charge is -2.26. The summed E-state index contributed by atoms with van der Waals surface area (Å²) < 4.78 is 25.3. The van der Waals surface area contributed by atoms with Crippen molar-refractivity contribution in [1.29, 1.82) is 0 Å². The largest absolute Gasteiger partial charge is 0.497 e. The lowest BCUT2D eigenvalue weighted by Crippen LogP contribution is -2.36. The number of carbonyl (C=O) groups is 1. The van der Waals surface area contributed by atoms with E-state index in [2.05, 4.69) is 25.5 Å². The molecule has 3 N–H and O–H groups in total. The quantitative estimate of drug-likeness (QED) is 0.361. The van der Waals surface area contributed by atoms with Crippen molar-refractivity contribution in [2.75, 3.05) is 48.9 Å². The van der Waals surface area contributed by atoms with Crippen LogP contribution >= 0.6 is 0 Å². The highest BCUT2D eigenvalue weighted by Gasteiger charge is 2.21. The molecule has 3 heterocycles. The molecule has 10 heteroatoms. The van der Waals surface area contributed by atoms with Crippen LogP contribution in [-0.2, 0) is 4.74 Å². The molecule has 9 nitrogen and oxygen atoms in total. The Morgan fingerprint density at radius 2 is 1.78 bits per heavy atom. The smallest absolute Gasteiger partial charge is 0.323 e. The van der Waals surface area contributed by atoms with Crippen LogP contribution in [0.25, 0.3) is 22.5 Å². The number of hydrogen-bond donors (Lipinski definition) is 3. The summed E-state index contributed by atoms with van der Waals surface area (Å²) in [6.07, 6.45) is 3.41. The Hall–Kier alpha value is -4.44. The maximum atomic E-state index is 14.7. The number of ether oxygens (including phenoxy) is 2. The summed E-state index contributed by atoms with van der Waals surface area (Å²) in [5.41, 5.74) is 3.55. The molecule has 1 aliphatic rings. The van der Waals surface area contributed by atoms with Crippen LogP contribution in [-0.4, -0.2) is 54.4 Å². The molecule has 0 atom stereocenters. The first-order valence-electron chi connectivity index (χ1n) is 11.5. The lowest BCUT2D eigenvalue weighted by molar-refractivity contribution is 0.122. The summed E-state index contributed by atoms with van der Waals surface area (Å²) in [5, 5.41) is 5.29. The maximum absolute atomic E-state index is 14.7. The van der Waals surface area contributed by atoms with Gasteiger partial charge in [-0.2, -0.15) is 0 Å². The van der Waals surface area contributed by atoms with Gasteiger partial charge in [-0.15, -0.1) is 0 Å². The number of urea groups is 1. The Balaban J connectivity index is 1.44. The second-order valence-electron chi connectivity index (χ2n) is 8.12. The zero-order valence-corrected chi connectivity index (χ0v) is 19.6. The zero-order valence-electron chi connectivity index (χ0n) is 19.6. The van der Waals surface area contributed by atoms with Crippen LogP contribution in [0.15, 0.2) is 67.0 Å². The van der Waals surface area contributed by atoms with Gasteiger partial charge in [-0.1, -0.05) is 0 Å². The maximum Gasteiger partial charge on any atom is 0.323 e. The molecule has 0 radical (unpaired) electrons. The molecule has 0 saturated carbocycles. The summed E-state index contributed by atoms with van der Waals surface area (Å²) in [6.45, 7) is 2.66. The SMILES string of the molecule is COc1ccc(NC(=O)Nc2cc(-c3nc(N4CCOCC4)[nH]c3-c3ccncc3)ccc2F)cc1. The first-order valence-corrected chi connectivity index (χ1v) is 11.5. The molecule has 184 valence electrons. The predicted molar refractivity (Wildman–Crippen MR) is 136 cm³/mol. The third-order valence-electron chi connectivity index (χ3n) is 5.81. The van der Waals surface area contributed by atoms with Gasteiger partial charge in [-0.3, -0.25) is 4.98 Å². The molecule has 0 bridgehead atoms. The number of H-pyrrole nitrogens is 1. The van der Waals surface area contributed by atoms with Crippen LogP contribution in [0, 0.1) is 5.82 Å². The van der Waals surface area contributed by atoms with E-state index in [1.807, 2.05) is 12.1 Å². The van der Waals surface area contributed by atoms with E-state index in [-0.39, 0.29) is 5.69 Å². The first-order chi connectivity index (χ1) is 17.6. The van der Waals surface area contributed by atoms with Gasteiger partial charge in [-0.25, -0.2) is 14.2 Å². The summed E-state index contributed by atoms with van der Waals surface area (Å²) >= 11 is 0. The Morgan fingerprint density at radius 3 is 2.50 bits per heavy atom. The van der Waals surface area contributed by atoms with Gasteiger partial charge in [-0.05, 0) is 54.6 Å². The summed E-state index contributed by atoms with van der Waals surface area (Å²) in [6, 6.07) is 14.6. The zero-order chi connectivity index (χ0) is 24.9. The number of carbonyl (C=O) groups excluding carboxylic acids is 1. The van der Waals surface area contributed by atoms with Crippen molar-refractivity contribution in [3.05, 3.63) is 72.8 Å². The predicted octanol–water partition coefficient (Wildman–Crippen LogP) is 4.77. The first kappa shape index (κ1) is 23.3. The number of benzene rings is 2. The normalized spacial score (nSPS) is 13.3. The van der Waals surface area contributed by atoms with E-state index in [9.17, 15) is 9.18 Å². The molecular weight excluding hydrogens is 463 g/mol. The molecule has 4 aromatic rings. The highest BCUT2D eigenvalue weighted by Crippen LogP contribution is 2.34. The molecule has 1 aliphatic heterocycles. The lowest BCUT2D eigenvalue weighted by atomic mass is 10.1. The van der Waals surface area contributed by atoms with Crippen molar-refractivity contribution in [1.82, 2.24) is 15.0 Å². The van der Waals surface area contributed by atoms with Crippen LogP contribution in [0.5, 0.6) is 5.75 Å². The standard InChI is InChI=1S/C26H25FN6O3/c1-35-20-5-3-19(4-6-20)29-26(34)30-22-16-18(2-7-21(22)27)24-23(17-8-10-28-11-9-17)31-25(32-24)33-12-14-36-15-13-33/h2-11,16H,12-15H2,1H3,(H,31,32)(H2,29,30,34). The van der Waals surface area contributed by atoms with E-state index < -0.39 is 11.8 Å². The van der Waals surface area contributed by atoms with E-state index in [4.69, 9.17) is 14.5 Å². The Kier molecular flexibility index (Phi) is 6.76. The average molecular weight is 489 g/mol. The van der Waals surface area contributed by atoms with Gasteiger partial charge >= 0.3 is 6.03 Å². The topological polar surface area (TPSA) is 104 Å². The van der Waals surface area contributed by atoms with Crippen molar-refractivity contribution in [3.8, 4) is 28.3 Å². The van der Waals surface area contributed by atoms with Gasteiger partial charge in [0.1, 0.15) is 11.6 Å². The highest BCUT2D eigenvalue weighted by molar-refractivity contribution is 6.00. The number of hydrogen-bond acceptors (Lipinski definition) is 6. The summed E-state index contributed by atoms with van der Waals surface area (Å²) in [7, 11) is 1.56. The number of rotatable bonds is 6. The number of methoxy groups -OCH3 is 1. The van der Waals surface area contributed by atoms with Crippen molar-refractivity contribution >= 4 is 23.4 Å². The highest BCUT2D eigenvalue weighted by atomic mass is 19.1. The van der Waals surface area contributed by atoms with Crippen LogP contribution in [0.1, 0.15) is 0 Å². The van der Waals surface area contributed by atoms with Gasteiger partial charge in [0.25, 0.3) is 0 Å². The fourth-order valence-electron chi connectivity index (χ4n) is 3.95. The van der Waals surface area contributed by atoms with Gasteiger partial charge in [0.05, 0.1) is 37.4 Å². The molecule has 0 spiro atoms. The number of amides is 2. The molecule has 0 unspecified atom stereocenters. The second-order valence-corrected chi connectivity index (χ2v) is 8.12. The number of halogens is 1. The van der Waals surface area contributed by atoms with Gasteiger partial charge < -0.3 is 30.0 Å². The van der Waals surface area contributed by atoms with Gasteiger partial charge in [0.15, 0.2) is 0 Å². The number of imidazole rings is 1. The minimum atomic E-state index is -0.568. The number of anilines is 3. The molecule has 36 heavy (non-hydrogen) atoms. The van der Waals surface area contributed by atoms with Crippen molar-refractivity contribution in [2.45, 2.75) is 0 Å². The Labute approximate surface area is 207 Å². The number of aromatic amines is 1. The van der Waals surface area contributed by atoms with E-state index >= 15 is 0 Å². The molecule has 5 rings (SSSR count). The van der Waals surface area contributed by atoms with Crippen LogP contribution in [0.3, 0.4) is 0 Å². The average Bonchev–Trinajstić information content (AvgIpc) is 3.37. The molecule has 1 fully saturated rings. The molecule has 0 aliphatic carbocycles. The van der Waals surface area contributed by atoms with Gasteiger partial charge in [0, 0.05) is 42.3 Å². The van der Waals surface area contributed by atoms with E-state index in [0.717, 1.165) is 11.3 Å². The number of aromatic nitrogens is 3. The summed E-state index contributed by atoms with van der Waals surface area (Å²) in [5.74, 6) is 0.814.